The molecule has 1 heterocycles. The molecule has 1 aromatic carbocycles. The van der Waals surface area contributed by atoms with Crippen molar-refractivity contribution in [1.29, 1.82) is 0 Å². The summed E-state index contributed by atoms with van der Waals surface area (Å²) in [5.74, 6) is -0.366. The van der Waals surface area contributed by atoms with Crippen LogP contribution in [0.4, 0.5) is 4.39 Å². The van der Waals surface area contributed by atoms with Gasteiger partial charge >= 0.3 is 0 Å². The van der Waals surface area contributed by atoms with E-state index >= 15 is 0 Å². The van der Waals surface area contributed by atoms with Crippen molar-refractivity contribution in [2.75, 3.05) is 6.54 Å². The van der Waals surface area contributed by atoms with Gasteiger partial charge in [-0.3, -0.25) is 4.79 Å². The second-order valence-corrected chi connectivity index (χ2v) is 5.47. The van der Waals surface area contributed by atoms with Crippen LogP contribution in [-0.2, 0) is 17.6 Å². The Morgan fingerprint density at radius 2 is 2.15 bits per heavy atom. The van der Waals surface area contributed by atoms with Crippen LogP contribution in [0.1, 0.15) is 18.2 Å². The van der Waals surface area contributed by atoms with Crippen molar-refractivity contribution in [1.82, 2.24) is 10.3 Å². The molecule has 2 aromatic rings. The van der Waals surface area contributed by atoms with Gasteiger partial charge in [-0.05, 0) is 24.1 Å². The van der Waals surface area contributed by atoms with E-state index in [2.05, 4.69) is 10.3 Å². The molecule has 106 valence electrons. The topological polar surface area (TPSA) is 42.0 Å². The molecule has 20 heavy (non-hydrogen) atoms. The van der Waals surface area contributed by atoms with Gasteiger partial charge in [0.05, 0.1) is 11.2 Å². The fourth-order valence-electron chi connectivity index (χ4n) is 1.92. The second kappa shape index (κ2) is 7.14. The van der Waals surface area contributed by atoms with Gasteiger partial charge in [-0.15, -0.1) is 11.3 Å². The zero-order valence-electron chi connectivity index (χ0n) is 11.3. The lowest BCUT2D eigenvalue weighted by Gasteiger charge is -2.12. The smallest absolute Gasteiger partial charge is 0.223 e. The SMILES string of the molecule is CC(Cc1ccc(F)cc1)C(=O)NCCc1cscn1. The highest BCUT2D eigenvalue weighted by Gasteiger charge is 2.13. The number of hydrogen-bond donors (Lipinski definition) is 1. The van der Waals surface area contributed by atoms with Gasteiger partial charge in [-0.25, -0.2) is 9.37 Å². The molecule has 5 heteroatoms. The van der Waals surface area contributed by atoms with Crippen molar-refractivity contribution in [3.8, 4) is 0 Å². The summed E-state index contributed by atoms with van der Waals surface area (Å²) in [5.41, 5.74) is 3.75. The van der Waals surface area contributed by atoms with Gasteiger partial charge in [0.2, 0.25) is 5.91 Å². The molecule has 1 atom stereocenters. The molecular formula is C15H17FN2OS. The van der Waals surface area contributed by atoms with E-state index in [9.17, 15) is 9.18 Å². The van der Waals surface area contributed by atoms with Crippen LogP contribution in [-0.4, -0.2) is 17.4 Å². The molecule has 0 saturated heterocycles. The zero-order valence-corrected chi connectivity index (χ0v) is 12.1. The lowest BCUT2D eigenvalue weighted by atomic mass is 10.0. The van der Waals surface area contributed by atoms with Crippen molar-refractivity contribution in [3.05, 3.63) is 52.2 Å². The van der Waals surface area contributed by atoms with Gasteiger partial charge in [-0.1, -0.05) is 19.1 Å². The summed E-state index contributed by atoms with van der Waals surface area (Å²) in [6.45, 7) is 2.47. The summed E-state index contributed by atoms with van der Waals surface area (Å²) in [7, 11) is 0. The molecule has 1 N–H and O–H groups in total. The van der Waals surface area contributed by atoms with Crippen molar-refractivity contribution >= 4 is 17.2 Å². The highest BCUT2D eigenvalue weighted by Crippen LogP contribution is 2.10. The monoisotopic (exact) mass is 292 g/mol. The largest absolute Gasteiger partial charge is 0.355 e. The predicted octanol–water partition coefficient (Wildman–Crippen LogP) is 2.82. The average molecular weight is 292 g/mol. The summed E-state index contributed by atoms with van der Waals surface area (Å²) in [6.07, 6.45) is 1.36. The Kier molecular flexibility index (Phi) is 5.24. The minimum atomic E-state index is -0.255. The number of carbonyl (C=O) groups excluding carboxylic acids is 1. The lowest BCUT2D eigenvalue weighted by molar-refractivity contribution is -0.124. The van der Waals surface area contributed by atoms with Gasteiger partial charge < -0.3 is 5.32 Å². The Bertz CT molecular complexity index is 540. The molecule has 0 fully saturated rings. The third-order valence-corrected chi connectivity index (χ3v) is 3.70. The zero-order chi connectivity index (χ0) is 14.4. The Labute approximate surface area is 121 Å². The summed E-state index contributed by atoms with van der Waals surface area (Å²) < 4.78 is 12.8. The fraction of sp³-hybridized carbons (Fsp3) is 0.333. The maximum absolute atomic E-state index is 12.8. The minimum absolute atomic E-state index is 0.0181. The number of hydrogen-bond acceptors (Lipinski definition) is 3. The Hall–Kier alpha value is -1.75. The number of rotatable bonds is 6. The molecule has 0 spiro atoms. The first-order valence-electron chi connectivity index (χ1n) is 6.54. The van der Waals surface area contributed by atoms with E-state index in [4.69, 9.17) is 0 Å². The molecule has 0 saturated carbocycles. The summed E-state index contributed by atoms with van der Waals surface area (Å²) in [5, 5.41) is 4.88. The van der Waals surface area contributed by atoms with E-state index in [0.717, 1.165) is 17.7 Å². The first kappa shape index (κ1) is 14.7. The molecule has 0 aliphatic rings. The highest BCUT2D eigenvalue weighted by molar-refractivity contribution is 7.07. The number of amides is 1. The molecule has 1 amide bonds. The second-order valence-electron chi connectivity index (χ2n) is 4.75. The van der Waals surface area contributed by atoms with E-state index in [1.165, 1.54) is 12.1 Å². The van der Waals surface area contributed by atoms with Crippen LogP contribution in [0.15, 0.2) is 35.2 Å². The Balaban J connectivity index is 1.75. The maximum atomic E-state index is 12.8. The Morgan fingerprint density at radius 3 is 2.80 bits per heavy atom. The van der Waals surface area contributed by atoms with Gasteiger partial charge in [0.1, 0.15) is 5.82 Å². The molecule has 1 aromatic heterocycles. The number of aromatic nitrogens is 1. The predicted molar refractivity (Wildman–Crippen MR) is 78.1 cm³/mol. The van der Waals surface area contributed by atoms with E-state index in [-0.39, 0.29) is 17.6 Å². The molecule has 0 radical (unpaired) electrons. The van der Waals surface area contributed by atoms with Gasteiger partial charge in [0, 0.05) is 24.3 Å². The van der Waals surface area contributed by atoms with E-state index in [0.29, 0.717) is 13.0 Å². The van der Waals surface area contributed by atoms with E-state index in [1.54, 1.807) is 29.0 Å². The van der Waals surface area contributed by atoms with E-state index < -0.39 is 0 Å². The molecule has 0 aliphatic heterocycles. The Morgan fingerprint density at radius 1 is 1.40 bits per heavy atom. The van der Waals surface area contributed by atoms with Crippen molar-refractivity contribution in [2.45, 2.75) is 19.8 Å². The van der Waals surface area contributed by atoms with E-state index in [1.807, 2.05) is 12.3 Å². The molecular weight excluding hydrogens is 275 g/mol. The maximum Gasteiger partial charge on any atom is 0.223 e. The van der Waals surface area contributed by atoms with Gasteiger partial charge in [-0.2, -0.15) is 0 Å². The van der Waals surface area contributed by atoms with Crippen LogP contribution < -0.4 is 5.32 Å². The van der Waals surface area contributed by atoms with Crippen molar-refractivity contribution < 1.29 is 9.18 Å². The number of carbonyl (C=O) groups is 1. The van der Waals surface area contributed by atoms with Crippen LogP contribution >= 0.6 is 11.3 Å². The number of halogens is 1. The third kappa shape index (κ3) is 4.42. The highest BCUT2D eigenvalue weighted by atomic mass is 32.1. The fourth-order valence-corrected chi connectivity index (χ4v) is 2.51. The molecule has 2 rings (SSSR count). The summed E-state index contributed by atoms with van der Waals surface area (Å²) in [6, 6.07) is 6.27. The average Bonchev–Trinajstić information content (AvgIpc) is 2.94. The van der Waals surface area contributed by atoms with Crippen molar-refractivity contribution in [3.63, 3.8) is 0 Å². The lowest BCUT2D eigenvalue weighted by Crippen LogP contribution is -2.31. The van der Waals surface area contributed by atoms with Gasteiger partial charge in [0.25, 0.3) is 0 Å². The third-order valence-electron chi connectivity index (χ3n) is 3.07. The number of nitrogens with zero attached hydrogens (tertiary/aromatic N) is 1. The quantitative estimate of drug-likeness (QED) is 0.889. The van der Waals surface area contributed by atoms with Gasteiger partial charge in [0.15, 0.2) is 0 Å². The molecule has 0 aliphatic carbocycles. The number of thiazole rings is 1. The van der Waals surface area contributed by atoms with Crippen LogP contribution in [0.5, 0.6) is 0 Å². The van der Waals surface area contributed by atoms with Crippen LogP contribution in [0.2, 0.25) is 0 Å². The molecule has 0 bridgehead atoms. The van der Waals surface area contributed by atoms with Crippen LogP contribution in [0, 0.1) is 11.7 Å². The number of benzene rings is 1. The first-order chi connectivity index (χ1) is 9.65. The molecule has 1 unspecified atom stereocenters. The van der Waals surface area contributed by atoms with Crippen LogP contribution in [0.25, 0.3) is 0 Å². The standard InChI is InChI=1S/C15H17FN2OS/c1-11(8-12-2-4-13(16)5-3-12)15(19)17-7-6-14-9-20-10-18-14/h2-5,9-11H,6-8H2,1H3,(H,17,19). The number of nitrogens with one attached hydrogen (secondary N) is 1. The first-order valence-corrected chi connectivity index (χ1v) is 7.48. The summed E-state index contributed by atoms with van der Waals surface area (Å²) >= 11 is 1.55. The summed E-state index contributed by atoms with van der Waals surface area (Å²) in [4.78, 5) is 16.1. The van der Waals surface area contributed by atoms with Crippen molar-refractivity contribution in [2.24, 2.45) is 5.92 Å². The minimum Gasteiger partial charge on any atom is -0.355 e. The molecule has 3 nitrogen and oxygen atoms in total. The normalized spacial score (nSPS) is 12.1. The van der Waals surface area contributed by atoms with Crippen LogP contribution in [0.3, 0.4) is 0 Å².